The van der Waals surface area contributed by atoms with Crippen molar-refractivity contribution < 1.29 is 14.2 Å². The molecule has 5 heteroatoms. The van der Waals surface area contributed by atoms with Crippen molar-refractivity contribution in [1.82, 2.24) is 4.57 Å². The number of methoxy groups -OCH3 is 2. The molecule has 0 bridgehead atoms. The van der Waals surface area contributed by atoms with Crippen LogP contribution < -0.4 is 19.8 Å². The molecule has 5 nitrogen and oxygen atoms in total. The standard InChI is InChI=1S/C26H33NO4/c1-4-5-6-7-8-12-17-27-23-18-21(29-2)15-16-22(23)24(30-3)25(26(27)28)31-19-20-13-10-9-11-14-20/h9-11,13-16,18H,4-8,12,17,19H2,1-3H3. The Bertz CT molecular complexity index is 1030. The number of nitrogens with zero attached hydrogens (tertiary/aromatic N) is 1. The fraction of sp³-hybridized carbons (Fsp3) is 0.423. The number of pyridine rings is 1. The summed E-state index contributed by atoms with van der Waals surface area (Å²) in [6.45, 7) is 3.17. The van der Waals surface area contributed by atoms with E-state index in [-0.39, 0.29) is 11.3 Å². The molecule has 3 rings (SSSR count). The number of aryl methyl sites for hydroxylation is 1. The summed E-state index contributed by atoms with van der Waals surface area (Å²) < 4.78 is 18.9. The molecule has 0 saturated carbocycles. The molecule has 0 radical (unpaired) electrons. The molecule has 0 N–H and O–H groups in total. The number of ether oxygens (including phenoxy) is 3. The number of hydrogen-bond acceptors (Lipinski definition) is 4. The maximum atomic E-state index is 13.5. The number of aromatic nitrogens is 1. The molecule has 0 aliphatic rings. The molecule has 0 spiro atoms. The monoisotopic (exact) mass is 423 g/mol. The number of benzene rings is 2. The largest absolute Gasteiger partial charge is 0.497 e. The van der Waals surface area contributed by atoms with E-state index in [1.165, 1.54) is 25.7 Å². The summed E-state index contributed by atoms with van der Waals surface area (Å²) in [4.78, 5) is 13.5. The normalized spacial score (nSPS) is 10.9. The van der Waals surface area contributed by atoms with Gasteiger partial charge in [-0.3, -0.25) is 4.79 Å². The smallest absolute Gasteiger partial charge is 0.297 e. The lowest BCUT2D eigenvalue weighted by molar-refractivity contribution is 0.279. The van der Waals surface area contributed by atoms with Gasteiger partial charge in [-0.25, -0.2) is 0 Å². The Kier molecular flexibility index (Phi) is 8.39. The minimum absolute atomic E-state index is 0.165. The average Bonchev–Trinajstić information content (AvgIpc) is 2.81. The van der Waals surface area contributed by atoms with Gasteiger partial charge in [-0.15, -0.1) is 0 Å². The van der Waals surface area contributed by atoms with E-state index in [2.05, 4.69) is 6.92 Å². The number of hydrogen-bond donors (Lipinski definition) is 0. The Balaban J connectivity index is 1.95. The molecule has 0 saturated heterocycles. The van der Waals surface area contributed by atoms with Gasteiger partial charge in [0.1, 0.15) is 12.4 Å². The zero-order valence-corrected chi connectivity index (χ0v) is 18.9. The first-order valence-corrected chi connectivity index (χ1v) is 11.1. The molecule has 0 amide bonds. The number of rotatable bonds is 12. The third-order valence-electron chi connectivity index (χ3n) is 5.55. The van der Waals surface area contributed by atoms with Crippen molar-refractivity contribution in [2.45, 2.75) is 58.6 Å². The van der Waals surface area contributed by atoms with Gasteiger partial charge in [0.15, 0.2) is 5.75 Å². The maximum absolute atomic E-state index is 13.5. The van der Waals surface area contributed by atoms with Crippen molar-refractivity contribution in [2.24, 2.45) is 0 Å². The third kappa shape index (κ3) is 5.60. The Morgan fingerprint density at radius 2 is 1.58 bits per heavy atom. The van der Waals surface area contributed by atoms with Gasteiger partial charge in [0, 0.05) is 18.0 Å². The Morgan fingerprint density at radius 1 is 0.839 bits per heavy atom. The minimum atomic E-state index is -0.165. The van der Waals surface area contributed by atoms with E-state index in [0.717, 1.165) is 29.3 Å². The van der Waals surface area contributed by atoms with Gasteiger partial charge in [0.2, 0.25) is 5.75 Å². The van der Waals surface area contributed by atoms with E-state index in [4.69, 9.17) is 14.2 Å². The average molecular weight is 424 g/mol. The van der Waals surface area contributed by atoms with Crippen LogP contribution in [-0.4, -0.2) is 18.8 Å². The summed E-state index contributed by atoms with van der Waals surface area (Å²) in [5.41, 5.74) is 1.64. The summed E-state index contributed by atoms with van der Waals surface area (Å²) in [6, 6.07) is 15.5. The van der Waals surface area contributed by atoms with Crippen molar-refractivity contribution in [2.75, 3.05) is 14.2 Å². The fourth-order valence-corrected chi connectivity index (χ4v) is 3.84. The molecule has 1 heterocycles. The highest BCUT2D eigenvalue weighted by atomic mass is 16.5. The first kappa shape index (κ1) is 22.7. The van der Waals surface area contributed by atoms with E-state index in [1.807, 2.05) is 48.5 Å². The molecule has 0 aliphatic carbocycles. The van der Waals surface area contributed by atoms with Crippen molar-refractivity contribution in [3.8, 4) is 17.2 Å². The van der Waals surface area contributed by atoms with Crippen molar-refractivity contribution in [1.29, 1.82) is 0 Å². The quantitative estimate of drug-likeness (QED) is 0.337. The fourth-order valence-electron chi connectivity index (χ4n) is 3.84. The number of unbranched alkanes of at least 4 members (excludes halogenated alkanes) is 5. The van der Waals surface area contributed by atoms with E-state index in [1.54, 1.807) is 18.8 Å². The van der Waals surface area contributed by atoms with Gasteiger partial charge >= 0.3 is 0 Å². The number of fused-ring (bicyclic) bond motifs is 1. The third-order valence-corrected chi connectivity index (χ3v) is 5.55. The first-order chi connectivity index (χ1) is 15.2. The van der Waals surface area contributed by atoms with Crippen LogP contribution in [-0.2, 0) is 13.2 Å². The van der Waals surface area contributed by atoms with Gasteiger partial charge in [0.05, 0.1) is 19.7 Å². The molecule has 0 atom stereocenters. The van der Waals surface area contributed by atoms with Gasteiger partial charge < -0.3 is 18.8 Å². The van der Waals surface area contributed by atoms with Gasteiger partial charge in [-0.05, 0) is 24.1 Å². The molecular weight excluding hydrogens is 390 g/mol. The lowest BCUT2D eigenvalue weighted by Crippen LogP contribution is -2.23. The minimum Gasteiger partial charge on any atom is -0.497 e. The summed E-state index contributed by atoms with van der Waals surface area (Å²) in [6.07, 6.45) is 6.97. The van der Waals surface area contributed by atoms with Crippen LogP contribution in [0, 0.1) is 0 Å². The summed E-state index contributed by atoms with van der Waals surface area (Å²) in [7, 11) is 3.21. The molecule has 166 valence electrons. The second-order valence-electron chi connectivity index (χ2n) is 7.74. The molecule has 0 unspecified atom stereocenters. The van der Waals surface area contributed by atoms with Gasteiger partial charge in [-0.2, -0.15) is 0 Å². The molecule has 0 fully saturated rings. The van der Waals surface area contributed by atoms with Crippen molar-refractivity contribution in [3.05, 3.63) is 64.4 Å². The Morgan fingerprint density at radius 3 is 2.29 bits per heavy atom. The molecule has 1 aromatic heterocycles. The van der Waals surface area contributed by atoms with Crippen LogP contribution in [0.4, 0.5) is 0 Å². The molecule has 0 aliphatic heterocycles. The van der Waals surface area contributed by atoms with Crippen LogP contribution in [0.1, 0.15) is 51.0 Å². The van der Waals surface area contributed by atoms with Crippen LogP contribution in [0.15, 0.2) is 53.3 Å². The summed E-state index contributed by atoms with van der Waals surface area (Å²) >= 11 is 0. The van der Waals surface area contributed by atoms with Crippen LogP contribution in [0.25, 0.3) is 10.9 Å². The van der Waals surface area contributed by atoms with Crippen LogP contribution in [0.2, 0.25) is 0 Å². The summed E-state index contributed by atoms with van der Waals surface area (Å²) in [5, 5.41) is 0.844. The lowest BCUT2D eigenvalue weighted by Gasteiger charge is -2.18. The highest BCUT2D eigenvalue weighted by Crippen LogP contribution is 2.35. The molecular formula is C26H33NO4. The van der Waals surface area contributed by atoms with Crippen molar-refractivity contribution in [3.63, 3.8) is 0 Å². The van der Waals surface area contributed by atoms with E-state index in [0.29, 0.717) is 24.7 Å². The predicted octanol–water partition coefficient (Wildman–Crippen LogP) is 5.96. The Hall–Kier alpha value is -2.95. The predicted molar refractivity (Wildman–Crippen MR) is 125 cm³/mol. The Labute approximate surface area is 184 Å². The molecule has 31 heavy (non-hydrogen) atoms. The summed E-state index contributed by atoms with van der Waals surface area (Å²) in [5.74, 6) is 1.44. The van der Waals surface area contributed by atoms with E-state index >= 15 is 0 Å². The zero-order chi connectivity index (χ0) is 22.1. The SMILES string of the molecule is CCCCCCCCn1c(=O)c(OCc2ccccc2)c(OC)c2ccc(OC)cc21. The van der Waals surface area contributed by atoms with Gasteiger partial charge in [-0.1, -0.05) is 69.4 Å². The second kappa shape index (κ2) is 11.4. The van der Waals surface area contributed by atoms with Crippen molar-refractivity contribution >= 4 is 10.9 Å². The highest BCUT2D eigenvalue weighted by molar-refractivity contribution is 5.89. The van der Waals surface area contributed by atoms with Gasteiger partial charge in [0.25, 0.3) is 5.56 Å². The molecule has 2 aromatic carbocycles. The van der Waals surface area contributed by atoms with Crippen LogP contribution in [0.3, 0.4) is 0 Å². The highest BCUT2D eigenvalue weighted by Gasteiger charge is 2.19. The topological polar surface area (TPSA) is 49.7 Å². The molecule has 3 aromatic rings. The van der Waals surface area contributed by atoms with E-state index in [9.17, 15) is 4.79 Å². The van der Waals surface area contributed by atoms with Crippen LogP contribution >= 0.6 is 0 Å². The van der Waals surface area contributed by atoms with E-state index < -0.39 is 0 Å². The second-order valence-corrected chi connectivity index (χ2v) is 7.74. The maximum Gasteiger partial charge on any atom is 0.297 e. The first-order valence-electron chi connectivity index (χ1n) is 11.1. The van der Waals surface area contributed by atoms with Crippen LogP contribution in [0.5, 0.6) is 17.2 Å². The lowest BCUT2D eigenvalue weighted by atomic mass is 10.1. The zero-order valence-electron chi connectivity index (χ0n) is 18.9.